The summed E-state index contributed by atoms with van der Waals surface area (Å²) < 4.78 is 34.5. The first-order valence-electron chi connectivity index (χ1n) is 17.3. The monoisotopic (exact) mass is 721 g/mol. The van der Waals surface area contributed by atoms with Crippen molar-refractivity contribution in [1.82, 2.24) is 14.5 Å². The third kappa shape index (κ3) is 6.77. The maximum Gasteiger partial charge on any atom is 0.286 e. The number of aryl methyl sites for hydroxylation is 2. The van der Waals surface area contributed by atoms with Crippen LogP contribution in [0.1, 0.15) is 70.9 Å². The second-order valence-electron chi connectivity index (χ2n) is 14.4. The van der Waals surface area contributed by atoms with Gasteiger partial charge in [-0.2, -0.15) is 0 Å². The van der Waals surface area contributed by atoms with E-state index in [-0.39, 0.29) is 45.9 Å². The molecule has 2 aliphatic carbocycles. The van der Waals surface area contributed by atoms with Gasteiger partial charge < -0.3 is 19.5 Å². The number of hydrogen-bond donors (Lipinski definition) is 2. The second-order valence-corrected chi connectivity index (χ2v) is 16.8. The van der Waals surface area contributed by atoms with E-state index in [9.17, 15) is 18.9 Å². The third-order valence-corrected chi connectivity index (χ3v) is 13.0. The van der Waals surface area contributed by atoms with Crippen LogP contribution in [0.4, 0.5) is 5.69 Å². The third-order valence-electron chi connectivity index (χ3n) is 10.8. The van der Waals surface area contributed by atoms with Crippen molar-refractivity contribution in [2.75, 3.05) is 37.5 Å². The molecule has 1 aromatic heterocycles. The molecule has 2 amide bonds. The minimum atomic E-state index is -3.62. The van der Waals surface area contributed by atoms with Crippen LogP contribution < -0.4 is 19.1 Å². The predicted octanol–water partition coefficient (Wildman–Crippen LogP) is 5.49. The van der Waals surface area contributed by atoms with Gasteiger partial charge in [0.05, 0.1) is 31.3 Å². The molecule has 1 fully saturated rings. The number of nitrogens with one attached hydrogen (secondary N) is 1. The Morgan fingerprint density at radius 2 is 2.06 bits per heavy atom. The number of methoxy groups -OCH3 is 1. The van der Waals surface area contributed by atoms with Crippen LogP contribution in [-0.4, -0.2) is 69.6 Å². The van der Waals surface area contributed by atoms with Crippen molar-refractivity contribution in [3.8, 4) is 11.6 Å². The van der Waals surface area contributed by atoms with E-state index in [1.54, 1.807) is 25.2 Å². The first kappa shape index (κ1) is 34.6. The van der Waals surface area contributed by atoms with E-state index < -0.39 is 27.8 Å². The van der Waals surface area contributed by atoms with Gasteiger partial charge in [-0.25, -0.2) is 4.21 Å². The lowest BCUT2D eigenvalue weighted by molar-refractivity contribution is 0.0456. The Balaban J connectivity index is 1.30. The lowest BCUT2D eigenvalue weighted by Crippen LogP contribution is -2.49. The summed E-state index contributed by atoms with van der Waals surface area (Å²) >= 11 is 6.43. The van der Waals surface area contributed by atoms with E-state index in [2.05, 4.69) is 31.2 Å². The number of nitrogens with zero attached hydrogens (tertiary/aromatic N) is 4. The van der Waals surface area contributed by atoms with Crippen molar-refractivity contribution in [2.45, 2.75) is 57.0 Å². The van der Waals surface area contributed by atoms with E-state index in [4.69, 9.17) is 21.1 Å². The number of benzene rings is 2. The first-order chi connectivity index (χ1) is 24.0. The molecule has 2 aromatic carbocycles. The van der Waals surface area contributed by atoms with Crippen molar-refractivity contribution in [2.24, 2.45) is 29.2 Å². The molecule has 7 rings (SSSR count). The maximum absolute atomic E-state index is 14.5. The highest BCUT2D eigenvalue weighted by molar-refractivity contribution is 7.92. The number of fused-ring (bicyclic) bond motifs is 4. The van der Waals surface area contributed by atoms with Crippen LogP contribution in [0.25, 0.3) is 0 Å². The number of aromatic nitrogens is 2. The Morgan fingerprint density at radius 3 is 2.84 bits per heavy atom. The maximum atomic E-state index is 14.5. The quantitative estimate of drug-likeness (QED) is 0.339. The van der Waals surface area contributed by atoms with Crippen molar-refractivity contribution in [3.05, 3.63) is 82.0 Å². The Morgan fingerprint density at radius 1 is 1.22 bits per heavy atom. The van der Waals surface area contributed by atoms with Gasteiger partial charge in [-0.3, -0.25) is 19.0 Å². The van der Waals surface area contributed by atoms with Crippen molar-refractivity contribution >= 4 is 39.0 Å². The minimum Gasteiger partial charge on any atom is -0.490 e. The zero-order valence-corrected chi connectivity index (χ0v) is 30.2. The molecule has 3 heterocycles. The van der Waals surface area contributed by atoms with Gasteiger partial charge in [-0.15, -0.1) is 9.46 Å². The molecule has 50 heavy (non-hydrogen) atoms. The smallest absolute Gasteiger partial charge is 0.286 e. The topological polar surface area (TPSA) is 135 Å². The fraction of sp³-hybridized carbons (Fsp3) is 0.486. The van der Waals surface area contributed by atoms with Crippen molar-refractivity contribution in [3.63, 3.8) is 0 Å². The summed E-state index contributed by atoms with van der Waals surface area (Å²) in [6.07, 6.45) is 9.87. The molecule has 0 radical (unpaired) electrons. The van der Waals surface area contributed by atoms with Gasteiger partial charge in [-0.05, 0) is 97.7 Å². The Kier molecular flexibility index (Phi) is 9.46. The number of ether oxygens (including phenoxy) is 2. The molecule has 1 saturated carbocycles. The second kappa shape index (κ2) is 13.7. The number of hydrogen-bond acceptors (Lipinski definition) is 8. The number of halogens is 1. The molecule has 4 aliphatic rings. The fourth-order valence-corrected chi connectivity index (χ4v) is 10.2. The Labute approximate surface area is 298 Å². The molecule has 2 bridgehead atoms. The summed E-state index contributed by atoms with van der Waals surface area (Å²) in [5.74, 6) is -0.648. The SMILES string of the molecule is COc1nn(C)cc1C(=O)NS1(=O)=NC(=O)c2ccc3c(c2)N(C[C@@H]2CC[C@H]2[C@@H](O)/C=C\C[C@H](C)C1)C[C@@]1(CCCc2cc(Cl)ccc21)CO3. The van der Waals surface area contributed by atoms with Gasteiger partial charge in [-0.1, -0.05) is 36.7 Å². The normalized spacial score (nSPS) is 30.1. The van der Waals surface area contributed by atoms with Gasteiger partial charge in [0.15, 0.2) is 0 Å². The highest BCUT2D eigenvalue weighted by Gasteiger charge is 2.44. The van der Waals surface area contributed by atoms with Crippen molar-refractivity contribution < 1.29 is 28.4 Å². The molecule has 11 nitrogen and oxygen atoms in total. The molecular formula is C37H44ClN5O6S. The van der Waals surface area contributed by atoms with Crippen LogP contribution in [0.5, 0.6) is 11.6 Å². The number of anilines is 1. The molecule has 13 heteroatoms. The Hall–Kier alpha value is -3.87. The number of aliphatic hydroxyl groups is 1. The lowest BCUT2D eigenvalue weighted by Gasteiger charge is -2.45. The molecule has 1 unspecified atom stereocenters. The van der Waals surface area contributed by atoms with E-state index >= 15 is 0 Å². The summed E-state index contributed by atoms with van der Waals surface area (Å²) in [7, 11) is -0.584. The van der Waals surface area contributed by atoms with Gasteiger partial charge in [0.25, 0.3) is 11.8 Å². The summed E-state index contributed by atoms with van der Waals surface area (Å²) in [4.78, 5) is 29.7. The molecule has 6 atom stereocenters. The van der Waals surface area contributed by atoms with Crippen LogP contribution in [0.3, 0.4) is 0 Å². The van der Waals surface area contributed by atoms with Gasteiger partial charge >= 0.3 is 0 Å². The molecule has 3 aromatic rings. The number of amides is 2. The highest BCUT2D eigenvalue weighted by atomic mass is 35.5. The average Bonchev–Trinajstić information content (AvgIpc) is 3.37. The summed E-state index contributed by atoms with van der Waals surface area (Å²) in [6.45, 7) is 3.70. The van der Waals surface area contributed by atoms with E-state index in [0.717, 1.165) is 42.8 Å². The van der Waals surface area contributed by atoms with Gasteiger partial charge in [0.1, 0.15) is 21.2 Å². The number of rotatable bonds is 3. The summed E-state index contributed by atoms with van der Waals surface area (Å²) in [5.41, 5.74) is 3.26. The molecular weight excluding hydrogens is 678 g/mol. The minimum absolute atomic E-state index is 0.0686. The molecule has 2 N–H and O–H groups in total. The van der Waals surface area contributed by atoms with Gasteiger partial charge in [0, 0.05) is 42.3 Å². The molecule has 2 aliphatic heterocycles. The molecule has 0 saturated heterocycles. The molecule has 266 valence electrons. The van der Waals surface area contributed by atoms with E-state index in [1.165, 1.54) is 29.1 Å². The first-order valence-corrected chi connectivity index (χ1v) is 19.4. The van der Waals surface area contributed by atoms with Crippen LogP contribution in [0.2, 0.25) is 5.02 Å². The zero-order valence-electron chi connectivity index (χ0n) is 28.6. The number of carbonyl (C=O) groups excluding carboxylic acids is 2. The zero-order chi connectivity index (χ0) is 35.2. The average molecular weight is 722 g/mol. The van der Waals surface area contributed by atoms with Crippen LogP contribution in [0.15, 0.2) is 59.1 Å². The van der Waals surface area contributed by atoms with Crippen molar-refractivity contribution in [1.29, 1.82) is 0 Å². The number of allylic oxidation sites excluding steroid dienone is 1. The summed E-state index contributed by atoms with van der Waals surface area (Å²) in [6, 6.07) is 11.4. The van der Waals surface area contributed by atoms with Crippen LogP contribution in [-0.2, 0) is 28.8 Å². The lowest BCUT2D eigenvalue weighted by atomic mass is 9.68. The fourth-order valence-electron chi connectivity index (χ4n) is 8.11. The number of carbonyl (C=O) groups is 2. The largest absolute Gasteiger partial charge is 0.490 e. The Bertz CT molecular complexity index is 1970. The van der Waals surface area contributed by atoms with Crippen LogP contribution in [0, 0.1) is 17.8 Å². The summed E-state index contributed by atoms with van der Waals surface area (Å²) in [5, 5.41) is 16.2. The van der Waals surface area contributed by atoms with Crippen LogP contribution >= 0.6 is 11.6 Å². The standard InChI is InChI=1S/C37H44ClN5O6S/c1-23-6-4-8-32(44)28-12-9-26(28)18-43-21-37(15-5-7-24-16-27(38)11-13-30(24)37)22-49-33-14-10-25(17-31(33)43)34(45)40-50(47,20-23)41-35(46)29-19-42(2)39-36(29)48-3/h4,8,10-11,13-14,16-17,19,23,26,28,32,44H,5-7,9,12,15,18,20-22H2,1-3H3,(H,40,41,45,46,47)/b8-4-/t23-,26-,28+,32-,37-,50?/m0/s1. The number of aliphatic hydroxyl groups excluding tert-OH is 1. The van der Waals surface area contributed by atoms with Gasteiger partial charge in [0.2, 0.25) is 5.88 Å². The highest BCUT2D eigenvalue weighted by Crippen LogP contribution is 2.47. The van der Waals surface area contributed by atoms with E-state index in [1.807, 2.05) is 25.1 Å². The predicted molar refractivity (Wildman–Crippen MR) is 192 cm³/mol. The van der Waals surface area contributed by atoms with E-state index in [0.29, 0.717) is 31.9 Å². The molecule has 1 spiro atoms.